The van der Waals surface area contributed by atoms with E-state index in [1.165, 1.54) is 17.5 Å². The van der Waals surface area contributed by atoms with Crippen LogP contribution in [0.2, 0.25) is 0 Å². The van der Waals surface area contributed by atoms with E-state index in [0.717, 1.165) is 25.3 Å². The molecule has 1 aliphatic rings. The molecule has 112 valence electrons. The van der Waals surface area contributed by atoms with Crippen LogP contribution in [0.3, 0.4) is 0 Å². The van der Waals surface area contributed by atoms with Gasteiger partial charge >= 0.3 is 0 Å². The van der Waals surface area contributed by atoms with Gasteiger partial charge in [0.05, 0.1) is 6.20 Å². The van der Waals surface area contributed by atoms with Gasteiger partial charge in [0.1, 0.15) is 6.10 Å². The molecule has 0 bridgehead atoms. The molecule has 0 radical (unpaired) electrons. The van der Waals surface area contributed by atoms with Crippen LogP contribution in [-0.2, 0) is 13.6 Å². The normalized spacial score (nSPS) is 16.5. The maximum Gasteiger partial charge on any atom is 0.213 e. The molecule has 0 unspecified atom stereocenters. The first-order valence-electron chi connectivity index (χ1n) is 7.54. The van der Waals surface area contributed by atoms with Crippen LogP contribution in [0.5, 0.6) is 5.88 Å². The van der Waals surface area contributed by atoms with Crippen LogP contribution < -0.4 is 10.1 Å². The lowest BCUT2D eigenvalue weighted by Crippen LogP contribution is -2.25. The second kappa shape index (κ2) is 6.26. The van der Waals surface area contributed by atoms with Gasteiger partial charge in [-0.3, -0.25) is 4.68 Å². The van der Waals surface area contributed by atoms with E-state index in [1.54, 1.807) is 0 Å². The van der Waals surface area contributed by atoms with Crippen molar-refractivity contribution in [2.75, 3.05) is 0 Å². The Hall–Kier alpha value is -1.88. The molecule has 5 nitrogen and oxygen atoms in total. The molecule has 1 N–H and O–H groups in total. The molecule has 21 heavy (non-hydrogen) atoms. The second-order valence-electron chi connectivity index (χ2n) is 5.72. The quantitative estimate of drug-likeness (QED) is 0.887. The first-order valence-corrected chi connectivity index (χ1v) is 7.54. The zero-order valence-electron chi connectivity index (χ0n) is 12.6. The monoisotopic (exact) mass is 286 g/mol. The van der Waals surface area contributed by atoms with Crippen molar-refractivity contribution in [3.8, 4) is 5.88 Å². The molecule has 0 aromatic carbocycles. The third-order valence-electron chi connectivity index (χ3n) is 3.98. The number of hydrogen-bond acceptors (Lipinski definition) is 4. The number of aromatic nitrogens is 3. The van der Waals surface area contributed by atoms with Crippen molar-refractivity contribution in [2.24, 2.45) is 7.05 Å². The number of pyridine rings is 1. The standard InChI is InChI=1S/C16H22N4O/c1-12(14-10-19-20(2)11-14)18-9-13-6-7-17-16(8-13)21-15-4-3-5-15/h6-8,10-12,15,18H,3-5,9H2,1-2H3/t12-/m0/s1. The Kier molecular flexibility index (Phi) is 4.20. The van der Waals surface area contributed by atoms with Crippen LogP contribution in [-0.4, -0.2) is 20.9 Å². The van der Waals surface area contributed by atoms with Gasteiger partial charge in [0.2, 0.25) is 5.88 Å². The molecule has 0 saturated heterocycles. The summed E-state index contributed by atoms with van der Waals surface area (Å²) in [5.41, 5.74) is 2.38. The van der Waals surface area contributed by atoms with Crippen LogP contribution in [0.25, 0.3) is 0 Å². The lowest BCUT2D eigenvalue weighted by molar-refractivity contribution is 0.114. The van der Waals surface area contributed by atoms with Crippen molar-refractivity contribution >= 4 is 0 Å². The summed E-state index contributed by atoms with van der Waals surface area (Å²) in [5.74, 6) is 0.744. The molecule has 0 aliphatic heterocycles. The summed E-state index contributed by atoms with van der Waals surface area (Å²) in [4.78, 5) is 4.29. The minimum absolute atomic E-state index is 0.267. The molecule has 2 heterocycles. The molecule has 1 aliphatic carbocycles. The Bertz CT molecular complexity index is 591. The van der Waals surface area contributed by atoms with E-state index in [9.17, 15) is 0 Å². The molecule has 1 atom stereocenters. The molecule has 5 heteroatoms. The summed E-state index contributed by atoms with van der Waals surface area (Å²) in [5, 5.41) is 7.70. The van der Waals surface area contributed by atoms with Gasteiger partial charge in [-0.15, -0.1) is 0 Å². The highest BCUT2D eigenvalue weighted by molar-refractivity contribution is 5.21. The molecule has 0 amide bonds. The smallest absolute Gasteiger partial charge is 0.213 e. The first-order chi connectivity index (χ1) is 10.2. The van der Waals surface area contributed by atoms with Gasteiger partial charge in [-0.2, -0.15) is 5.10 Å². The molecule has 2 aromatic rings. The molecular weight excluding hydrogens is 264 g/mol. The lowest BCUT2D eigenvalue weighted by Gasteiger charge is -2.25. The number of nitrogens with zero attached hydrogens (tertiary/aromatic N) is 3. The Morgan fingerprint density at radius 2 is 2.33 bits per heavy atom. The van der Waals surface area contributed by atoms with Crippen LogP contribution >= 0.6 is 0 Å². The summed E-state index contributed by atoms with van der Waals surface area (Å²) in [7, 11) is 1.93. The minimum atomic E-state index is 0.267. The fourth-order valence-corrected chi connectivity index (χ4v) is 2.34. The van der Waals surface area contributed by atoms with Crippen molar-refractivity contribution in [3.63, 3.8) is 0 Å². The van der Waals surface area contributed by atoms with Crippen LogP contribution in [0, 0.1) is 0 Å². The minimum Gasteiger partial charge on any atom is -0.474 e. The van der Waals surface area contributed by atoms with Crippen molar-refractivity contribution in [1.82, 2.24) is 20.1 Å². The van der Waals surface area contributed by atoms with E-state index < -0.39 is 0 Å². The first kappa shape index (κ1) is 14.1. The third kappa shape index (κ3) is 3.61. The number of ether oxygens (including phenoxy) is 1. The van der Waals surface area contributed by atoms with Gasteiger partial charge in [-0.25, -0.2) is 4.98 Å². The molecule has 3 rings (SSSR count). The van der Waals surface area contributed by atoms with Crippen LogP contribution in [0.15, 0.2) is 30.7 Å². The summed E-state index contributed by atoms with van der Waals surface area (Å²) < 4.78 is 7.66. The van der Waals surface area contributed by atoms with Crippen molar-refractivity contribution in [2.45, 2.75) is 44.9 Å². The molecule has 1 saturated carbocycles. The van der Waals surface area contributed by atoms with Gasteiger partial charge in [-0.1, -0.05) is 0 Å². The SMILES string of the molecule is C[C@H](NCc1ccnc(OC2CCC2)c1)c1cnn(C)c1. The van der Waals surface area contributed by atoms with E-state index in [1.807, 2.05) is 42.5 Å². The average Bonchev–Trinajstić information content (AvgIpc) is 2.87. The maximum atomic E-state index is 5.83. The zero-order valence-corrected chi connectivity index (χ0v) is 12.6. The van der Waals surface area contributed by atoms with E-state index >= 15 is 0 Å². The highest BCUT2D eigenvalue weighted by atomic mass is 16.5. The predicted molar refractivity (Wildman–Crippen MR) is 81.0 cm³/mol. The summed E-state index contributed by atoms with van der Waals surface area (Å²) >= 11 is 0. The summed E-state index contributed by atoms with van der Waals surface area (Å²) in [6.45, 7) is 2.93. The topological polar surface area (TPSA) is 52.0 Å². The largest absolute Gasteiger partial charge is 0.474 e. The summed E-state index contributed by atoms with van der Waals surface area (Å²) in [6.07, 6.45) is 9.71. The Morgan fingerprint density at radius 1 is 1.48 bits per heavy atom. The van der Waals surface area contributed by atoms with Gasteiger partial charge in [0, 0.05) is 43.7 Å². The average molecular weight is 286 g/mol. The Morgan fingerprint density at radius 3 is 3.00 bits per heavy atom. The Labute approximate surface area is 125 Å². The predicted octanol–water partition coefficient (Wildman–Crippen LogP) is 2.60. The number of nitrogens with one attached hydrogen (secondary N) is 1. The zero-order chi connectivity index (χ0) is 14.7. The van der Waals surface area contributed by atoms with Gasteiger partial charge in [0.15, 0.2) is 0 Å². The van der Waals surface area contributed by atoms with Crippen molar-refractivity contribution < 1.29 is 4.74 Å². The van der Waals surface area contributed by atoms with Crippen molar-refractivity contribution in [3.05, 3.63) is 41.9 Å². The van der Waals surface area contributed by atoms with Gasteiger partial charge in [-0.05, 0) is 37.8 Å². The third-order valence-corrected chi connectivity index (χ3v) is 3.98. The number of rotatable bonds is 6. The number of hydrogen-bond donors (Lipinski definition) is 1. The fourth-order valence-electron chi connectivity index (χ4n) is 2.34. The van der Waals surface area contributed by atoms with E-state index in [4.69, 9.17) is 4.74 Å². The maximum absolute atomic E-state index is 5.83. The molecular formula is C16H22N4O. The number of aryl methyl sites for hydroxylation is 1. The highest BCUT2D eigenvalue weighted by Crippen LogP contribution is 2.24. The lowest BCUT2D eigenvalue weighted by atomic mass is 9.96. The van der Waals surface area contributed by atoms with Crippen molar-refractivity contribution in [1.29, 1.82) is 0 Å². The van der Waals surface area contributed by atoms with E-state index in [2.05, 4.69) is 22.3 Å². The summed E-state index contributed by atoms with van der Waals surface area (Å²) in [6, 6.07) is 4.32. The molecule has 1 fully saturated rings. The van der Waals surface area contributed by atoms with Crippen LogP contribution in [0.1, 0.15) is 43.4 Å². The van der Waals surface area contributed by atoms with Crippen LogP contribution in [0.4, 0.5) is 0 Å². The van der Waals surface area contributed by atoms with Gasteiger partial charge < -0.3 is 10.1 Å². The fraction of sp³-hybridized carbons (Fsp3) is 0.500. The molecule has 0 spiro atoms. The Balaban J connectivity index is 1.55. The van der Waals surface area contributed by atoms with E-state index in [-0.39, 0.29) is 6.04 Å². The van der Waals surface area contributed by atoms with E-state index in [0.29, 0.717) is 6.10 Å². The molecule has 2 aromatic heterocycles. The van der Waals surface area contributed by atoms with Gasteiger partial charge in [0.25, 0.3) is 0 Å². The highest BCUT2D eigenvalue weighted by Gasteiger charge is 2.19. The second-order valence-corrected chi connectivity index (χ2v) is 5.72.